The highest BCUT2D eigenvalue weighted by Gasteiger charge is 2.14. The van der Waals surface area contributed by atoms with Gasteiger partial charge in [0.15, 0.2) is 3.92 Å². The molecule has 74 valence electrons. The molecule has 0 aliphatic heterocycles. The molecule has 0 spiro atoms. The van der Waals surface area contributed by atoms with Gasteiger partial charge in [-0.05, 0) is 15.9 Å². The van der Waals surface area contributed by atoms with Gasteiger partial charge in [0.25, 0.3) is 0 Å². The highest BCUT2D eigenvalue weighted by atomic mass is 79.9. The summed E-state index contributed by atoms with van der Waals surface area (Å²) in [6.07, 6.45) is 2.72. The molecule has 0 fully saturated rings. The van der Waals surface area contributed by atoms with Gasteiger partial charge in [0.1, 0.15) is 6.10 Å². The second-order valence-corrected chi connectivity index (χ2v) is 5.01. The minimum Gasteiger partial charge on any atom is -0.382 e. The van der Waals surface area contributed by atoms with E-state index in [1.165, 1.54) is 11.3 Å². The van der Waals surface area contributed by atoms with Gasteiger partial charge in [-0.3, -0.25) is 4.68 Å². The third kappa shape index (κ3) is 1.87. The standard InChI is InChI=1S/C8H8BrN3OS/c1-12-3-5(2-10-12)7(13)6-4-14-8(9)11-6/h2-4,7,13H,1H3. The molecule has 0 aliphatic carbocycles. The molecular formula is C8H8BrN3OS. The normalized spacial score (nSPS) is 13.1. The first-order chi connectivity index (χ1) is 6.66. The maximum atomic E-state index is 9.89. The average molecular weight is 274 g/mol. The Hall–Kier alpha value is -0.720. The molecule has 1 atom stereocenters. The van der Waals surface area contributed by atoms with Crippen molar-refractivity contribution in [3.63, 3.8) is 0 Å². The molecule has 0 aliphatic rings. The molecule has 0 aromatic carbocycles. The third-order valence-corrected chi connectivity index (χ3v) is 3.20. The molecule has 2 rings (SSSR count). The molecule has 0 saturated heterocycles. The van der Waals surface area contributed by atoms with Crippen LogP contribution < -0.4 is 0 Å². The maximum Gasteiger partial charge on any atom is 0.159 e. The lowest BCUT2D eigenvalue weighted by Crippen LogP contribution is -1.98. The van der Waals surface area contributed by atoms with E-state index in [0.29, 0.717) is 5.69 Å². The van der Waals surface area contributed by atoms with Crippen LogP contribution in [0.4, 0.5) is 0 Å². The van der Waals surface area contributed by atoms with Crippen LogP contribution in [0.25, 0.3) is 0 Å². The number of thiazole rings is 1. The van der Waals surface area contributed by atoms with Crippen molar-refractivity contribution in [2.75, 3.05) is 0 Å². The molecule has 0 bridgehead atoms. The molecule has 2 aromatic rings. The Balaban J connectivity index is 2.28. The number of hydrogen-bond acceptors (Lipinski definition) is 4. The summed E-state index contributed by atoms with van der Waals surface area (Å²) >= 11 is 4.71. The Bertz CT molecular complexity index is 399. The zero-order chi connectivity index (χ0) is 10.1. The first-order valence-corrected chi connectivity index (χ1v) is 5.61. The van der Waals surface area contributed by atoms with Gasteiger partial charge in [0.2, 0.25) is 0 Å². The summed E-state index contributed by atoms with van der Waals surface area (Å²) in [5.41, 5.74) is 1.40. The van der Waals surface area contributed by atoms with Crippen molar-refractivity contribution in [1.82, 2.24) is 14.8 Å². The van der Waals surface area contributed by atoms with E-state index >= 15 is 0 Å². The first kappa shape index (κ1) is 9.82. The van der Waals surface area contributed by atoms with Crippen molar-refractivity contribution in [3.8, 4) is 0 Å². The summed E-state index contributed by atoms with van der Waals surface area (Å²) in [5.74, 6) is 0. The van der Waals surface area contributed by atoms with Crippen molar-refractivity contribution in [2.24, 2.45) is 7.05 Å². The van der Waals surface area contributed by atoms with Gasteiger partial charge in [0, 0.05) is 24.2 Å². The number of hydrogen-bond donors (Lipinski definition) is 1. The Labute approximate surface area is 93.3 Å². The molecule has 2 aromatic heterocycles. The van der Waals surface area contributed by atoms with Crippen LogP contribution in [0.2, 0.25) is 0 Å². The summed E-state index contributed by atoms with van der Waals surface area (Å²) < 4.78 is 2.43. The number of halogens is 1. The van der Waals surface area contributed by atoms with E-state index in [2.05, 4.69) is 26.0 Å². The average Bonchev–Trinajstić information content (AvgIpc) is 2.73. The number of aromatic nitrogens is 3. The highest BCUT2D eigenvalue weighted by molar-refractivity contribution is 9.11. The van der Waals surface area contributed by atoms with E-state index in [0.717, 1.165) is 9.48 Å². The zero-order valence-corrected chi connectivity index (χ0v) is 9.79. The minimum absolute atomic E-state index is 0.648. The minimum atomic E-state index is -0.689. The van der Waals surface area contributed by atoms with Gasteiger partial charge in [-0.15, -0.1) is 11.3 Å². The van der Waals surface area contributed by atoms with Crippen molar-refractivity contribution in [2.45, 2.75) is 6.10 Å². The monoisotopic (exact) mass is 273 g/mol. The molecule has 0 saturated carbocycles. The molecule has 2 heterocycles. The predicted molar refractivity (Wildman–Crippen MR) is 57.1 cm³/mol. The lowest BCUT2D eigenvalue weighted by Gasteiger charge is -2.02. The van der Waals surface area contributed by atoms with Crippen LogP contribution in [0, 0.1) is 0 Å². The van der Waals surface area contributed by atoms with Crippen LogP contribution >= 0.6 is 27.3 Å². The highest BCUT2D eigenvalue weighted by Crippen LogP contribution is 2.25. The number of aliphatic hydroxyl groups is 1. The zero-order valence-electron chi connectivity index (χ0n) is 7.38. The quantitative estimate of drug-likeness (QED) is 0.907. The lowest BCUT2D eigenvalue weighted by molar-refractivity contribution is 0.216. The van der Waals surface area contributed by atoms with Crippen LogP contribution in [-0.4, -0.2) is 19.9 Å². The van der Waals surface area contributed by atoms with Crippen molar-refractivity contribution >= 4 is 27.3 Å². The van der Waals surface area contributed by atoms with E-state index in [-0.39, 0.29) is 0 Å². The molecule has 1 N–H and O–H groups in total. The maximum absolute atomic E-state index is 9.89. The number of aliphatic hydroxyl groups excluding tert-OH is 1. The Morgan fingerprint density at radius 3 is 2.93 bits per heavy atom. The van der Waals surface area contributed by atoms with E-state index in [4.69, 9.17) is 0 Å². The van der Waals surface area contributed by atoms with E-state index < -0.39 is 6.10 Å². The second-order valence-electron chi connectivity index (χ2n) is 2.88. The van der Waals surface area contributed by atoms with Crippen LogP contribution in [0.15, 0.2) is 21.7 Å². The van der Waals surface area contributed by atoms with Crippen LogP contribution in [-0.2, 0) is 7.05 Å². The van der Waals surface area contributed by atoms with Crippen LogP contribution in [0.3, 0.4) is 0 Å². The fourth-order valence-corrected chi connectivity index (χ4v) is 2.18. The summed E-state index contributed by atoms with van der Waals surface area (Å²) in [6.45, 7) is 0. The van der Waals surface area contributed by atoms with Gasteiger partial charge >= 0.3 is 0 Å². The first-order valence-electron chi connectivity index (χ1n) is 3.94. The molecule has 1 unspecified atom stereocenters. The molecule has 14 heavy (non-hydrogen) atoms. The lowest BCUT2D eigenvalue weighted by atomic mass is 10.2. The van der Waals surface area contributed by atoms with E-state index in [9.17, 15) is 5.11 Å². The summed E-state index contributed by atoms with van der Waals surface area (Å²) in [6, 6.07) is 0. The summed E-state index contributed by atoms with van der Waals surface area (Å²) in [4.78, 5) is 4.14. The van der Waals surface area contributed by atoms with E-state index in [1.807, 2.05) is 12.4 Å². The van der Waals surface area contributed by atoms with Crippen molar-refractivity contribution in [3.05, 3.63) is 32.9 Å². The molecule has 6 heteroatoms. The van der Waals surface area contributed by atoms with Crippen LogP contribution in [0.5, 0.6) is 0 Å². The van der Waals surface area contributed by atoms with E-state index in [1.54, 1.807) is 17.1 Å². The Kier molecular flexibility index (Phi) is 2.66. The molecule has 4 nitrogen and oxygen atoms in total. The van der Waals surface area contributed by atoms with Gasteiger partial charge < -0.3 is 5.11 Å². The second kappa shape index (κ2) is 3.80. The summed E-state index contributed by atoms with van der Waals surface area (Å²) in [5, 5.41) is 15.7. The van der Waals surface area contributed by atoms with Crippen LogP contribution in [0.1, 0.15) is 17.4 Å². The van der Waals surface area contributed by atoms with Gasteiger partial charge in [-0.2, -0.15) is 5.10 Å². The molecule has 0 radical (unpaired) electrons. The smallest absolute Gasteiger partial charge is 0.159 e. The topological polar surface area (TPSA) is 50.9 Å². The predicted octanol–water partition coefficient (Wildman–Crippen LogP) is 1.72. The van der Waals surface area contributed by atoms with Gasteiger partial charge in [0.05, 0.1) is 11.9 Å². The Morgan fingerprint density at radius 1 is 1.64 bits per heavy atom. The van der Waals surface area contributed by atoms with Gasteiger partial charge in [-0.1, -0.05) is 0 Å². The Morgan fingerprint density at radius 2 is 2.43 bits per heavy atom. The van der Waals surface area contributed by atoms with Crippen molar-refractivity contribution in [1.29, 1.82) is 0 Å². The number of rotatable bonds is 2. The largest absolute Gasteiger partial charge is 0.382 e. The molecule has 0 amide bonds. The molecular weight excluding hydrogens is 266 g/mol. The third-order valence-electron chi connectivity index (χ3n) is 1.81. The van der Waals surface area contributed by atoms with Gasteiger partial charge in [-0.25, -0.2) is 4.98 Å². The SMILES string of the molecule is Cn1cc(C(O)c2csc(Br)n2)cn1. The summed E-state index contributed by atoms with van der Waals surface area (Å²) in [7, 11) is 1.81. The number of aryl methyl sites for hydroxylation is 1. The van der Waals surface area contributed by atoms with Crippen molar-refractivity contribution < 1.29 is 5.11 Å². The number of nitrogens with zero attached hydrogens (tertiary/aromatic N) is 3. The fourth-order valence-electron chi connectivity index (χ4n) is 1.14. The fraction of sp³-hybridized carbons (Fsp3) is 0.250.